The van der Waals surface area contributed by atoms with E-state index in [1.54, 1.807) is 17.4 Å². The van der Waals surface area contributed by atoms with E-state index in [1.165, 1.54) is 13.0 Å². The molecule has 1 aromatic rings. The van der Waals surface area contributed by atoms with Crippen LogP contribution < -0.4 is 10.1 Å². The summed E-state index contributed by atoms with van der Waals surface area (Å²) in [5.74, 6) is -0.657. The Morgan fingerprint density at radius 3 is 2.70 bits per heavy atom. The van der Waals surface area contributed by atoms with Gasteiger partial charge in [-0.3, -0.25) is 4.79 Å². The largest absolute Gasteiger partial charge is 0.483 e. The van der Waals surface area contributed by atoms with Crippen molar-refractivity contribution in [2.45, 2.75) is 19.2 Å². The van der Waals surface area contributed by atoms with Crippen molar-refractivity contribution in [1.29, 1.82) is 0 Å². The van der Waals surface area contributed by atoms with E-state index in [2.05, 4.69) is 15.9 Å². The smallest absolute Gasteiger partial charge is 0.405 e. The molecule has 0 aromatic heterocycles. The number of rotatable bonds is 5. The molecule has 0 aliphatic carbocycles. The lowest BCUT2D eigenvalue weighted by Crippen LogP contribution is -2.36. The molecule has 112 valence electrons. The number of aliphatic hydroxyl groups is 1. The second-order valence-electron chi connectivity index (χ2n) is 4.04. The van der Waals surface area contributed by atoms with Gasteiger partial charge in [0, 0.05) is 10.0 Å². The zero-order valence-electron chi connectivity index (χ0n) is 10.5. The van der Waals surface area contributed by atoms with Gasteiger partial charge in [0.05, 0.1) is 6.10 Å². The van der Waals surface area contributed by atoms with Crippen LogP contribution in [0.4, 0.5) is 13.2 Å². The lowest BCUT2D eigenvalue weighted by molar-refractivity contribution is -0.139. The van der Waals surface area contributed by atoms with Crippen LogP contribution in [0.15, 0.2) is 22.7 Å². The molecule has 0 saturated carbocycles. The molecule has 0 unspecified atom stereocenters. The Hall–Kier alpha value is -1.28. The number of amides is 1. The fourth-order valence-electron chi connectivity index (χ4n) is 1.37. The molecule has 0 spiro atoms. The number of alkyl halides is 3. The predicted octanol–water partition coefficient (Wildman–Crippen LogP) is 2.56. The van der Waals surface area contributed by atoms with E-state index in [1.807, 2.05) is 0 Å². The number of hydrogen-bond donors (Lipinski definition) is 2. The summed E-state index contributed by atoms with van der Waals surface area (Å²) in [6, 6.07) is 4.80. The molecule has 0 saturated heterocycles. The molecule has 1 aromatic carbocycles. The van der Waals surface area contributed by atoms with Crippen LogP contribution >= 0.6 is 15.9 Å². The maximum atomic E-state index is 11.9. The molecule has 1 rings (SSSR count). The van der Waals surface area contributed by atoms with Gasteiger partial charge >= 0.3 is 6.18 Å². The number of benzene rings is 1. The maximum absolute atomic E-state index is 11.9. The highest BCUT2D eigenvalue weighted by Crippen LogP contribution is 2.28. The van der Waals surface area contributed by atoms with Crippen LogP contribution in [0.2, 0.25) is 0 Å². The van der Waals surface area contributed by atoms with Crippen LogP contribution in [0.1, 0.15) is 18.6 Å². The number of nitrogens with one attached hydrogen (secondary N) is 1. The van der Waals surface area contributed by atoms with Crippen LogP contribution in [0.3, 0.4) is 0 Å². The third-order valence-corrected chi connectivity index (χ3v) is 2.76. The Labute approximate surface area is 122 Å². The van der Waals surface area contributed by atoms with Crippen LogP contribution in [0, 0.1) is 0 Å². The Kier molecular flexibility index (Phi) is 5.82. The first-order valence-electron chi connectivity index (χ1n) is 5.63. The molecule has 1 atom stereocenters. The van der Waals surface area contributed by atoms with E-state index in [0.29, 0.717) is 10.0 Å². The van der Waals surface area contributed by atoms with Gasteiger partial charge in [-0.1, -0.05) is 22.0 Å². The average molecular weight is 356 g/mol. The fraction of sp³-hybridized carbons (Fsp3) is 0.417. The summed E-state index contributed by atoms with van der Waals surface area (Å²) in [5, 5.41) is 11.2. The molecular formula is C12H13BrF3NO3. The van der Waals surface area contributed by atoms with E-state index in [-0.39, 0.29) is 5.75 Å². The molecule has 2 N–H and O–H groups in total. The van der Waals surface area contributed by atoms with Gasteiger partial charge in [-0.2, -0.15) is 13.2 Å². The lowest BCUT2D eigenvalue weighted by Gasteiger charge is -2.14. The Balaban J connectivity index is 2.61. The number of aliphatic hydroxyl groups excluding tert-OH is 1. The van der Waals surface area contributed by atoms with Gasteiger partial charge in [-0.25, -0.2) is 0 Å². The minimum atomic E-state index is -4.46. The molecule has 0 aliphatic rings. The van der Waals surface area contributed by atoms with Crippen molar-refractivity contribution in [2.24, 2.45) is 0 Å². The third kappa shape index (κ3) is 5.79. The molecule has 4 nitrogen and oxygen atoms in total. The zero-order chi connectivity index (χ0) is 15.3. The first-order valence-corrected chi connectivity index (χ1v) is 6.42. The van der Waals surface area contributed by atoms with Crippen molar-refractivity contribution in [3.63, 3.8) is 0 Å². The van der Waals surface area contributed by atoms with Crippen molar-refractivity contribution in [1.82, 2.24) is 5.32 Å². The van der Waals surface area contributed by atoms with Crippen molar-refractivity contribution >= 4 is 21.8 Å². The van der Waals surface area contributed by atoms with Gasteiger partial charge in [-0.15, -0.1) is 0 Å². The van der Waals surface area contributed by atoms with Gasteiger partial charge in [0.15, 0.2) is 6.61 Å². The van der Waals surface area contributed by atoms with E-state index >= 15 is 0 Å². The number of carbonyl (C=O) groups excluding carboxylic acids is 1. The Bertz CT molecular complexity index is 478. The van der Waals surface area contributed by atoms with E-state index in [4.69, 9.17) is 4.74 Å². The monoisotopic (exact) mass is 355 g/mol. The van der Waals surface area contributed by atoms with Crippen molar-refractivity contribution < 1.29 is 27.8 Å². The van der Waals surface area contributed by atoms with Crippen LogP contribution in [-0.4, -0.2) is 30.3 Å². The topological polar surface area (TPSA) is 58.6 Å². The molecule has 8 heteroatoms. The molecule has 1 amide bonds. The summed E-state index contributed by atoms with van der Waals surface area (Å²) in [6.07, 6.45) is -5.28. The standard InChI is InChI=1S/C12H13BrF3NO3/c1-7(18)9-3-2-8(13)4-10(9)20-5-11(19)17-6-12(14,15)16/h2-4,7,18H,5-6H2,1H3,(H,17,19)/t7-/m1/s1. The fourth-order valence-corrected chi connectivity index (χ4v) is 1.71. The van der Waals surface area contributed by atoms with Crippen LogP contribution in [0.5, 0.6) is 5.75 Å². The second kappa shape index (κ2) is 6.94. The highest BCUT2D eigenvalue weighted by molar-refractivity contribution is 9.10. The molecular weight excluding hydrogens is 343 g/mol. The Morgan fingerprint density at radius 1 is 1.50 bits per heavy atom. The summed E-state index contributed by atoms with van der Waals surface area (Å²) in [4.78, 5) is 11.2. The second-order valence-corrected chi connectivity index (χ2v) is 4.95. The minimum Gasteiger partial charge on any atom is -0.483 e. The predicted molar refractivity (Wildman–Crippen MR) is 69.3 cm³/mol. The first-order chi connectivity index (χ1) is 9.19. The lowest BCUT2D eigenvalue weighted by atomic mass is 10.1. The van der Waals surface area contributed by atoms with Crippen molar-refractivity contribution in [2.75, 3.05) is 13.2 Å². The van der Waals surface area contributed by atoms with E-state index in [0.717, 1.165) is 0 Å². The van der Waals surface area contributed by atoms with Gasteiger partial charge in [-0.05, 0) is 19.1 Å². The summed E-state index contributed by atoms with van der Waals surface area (Å²) in [6.45, 7) is -0.455. The highest BCUT2D eigenvalue weighted by Gasteiger charge is 2.27. The molecule has 0 heterocycles. The van der Waals surface area contributed by atoms with Gasteiger partial charge in [0.1, 0.15) is 12.3 Å². The van der Waals surface area contributed by atoms with Gasteiger partial charge in [0.2, 0.25) is 0 Å². The van der Waals surface area contributed by atoms with E-state index in [9.17, 15) is 23.1 Å². The minimum absolute atomic E-state index is 0.233. The summed E-state index contributed by atoms with van der Waals surface area (Å²) in [7, 11) is 0. The number of hydrogen-bond acceptors (Lipinski definition) is 3. The highest BCUT2D eigenvalue weighted by atomic mass is 79.9. The quantitative estimate of drug-likeness (QED) is 0.853. The first kappa shape index (κ1) is 16.8. The van der Waals surface area contributed by atoms with Crippen molar-refractivity contribution in [3.8, 4) is 5.75 Å². The van der Waals surface area contributed by atoms with Gasteiger partial charge in [0.25, 0.3) is 5.91 Å². The third-order valence-electron chi connectivity index (χ3n) is 2.27. The summed E-state index contributed by atoms with van der Waals surface area (Å²) >= 11 is 3.20. The zero-order valence-corrected chi connectivity index (χ0v) is 12.1. The molecule has 0 aliphatic heterocycles. The van der Waals surface area contributed by atoms with E-state index < -0.39 is 31.3 Å². The maximum Gasteiger partial charge on any atom is 0.405 e. The molecule has 0 fully saturated rings. The van der Waals surface area contributed by atoms with Gasteiger partial charge < -0.3 is 15.2 Å². The normalized spacial score (nSPS) is 12.9. The van der Waals surface area contributed by atoms with Crippen LogP contribution in [-0.2, 0) is 4.79 Å². The molecule has 0 bridgehead atoms. The number of ether oxygens (including phenoxy) is 1. The SMILES string of the molecule is C[C@@H](O)c1ccc(Br)cc1OCC(=O)NCC(F)(F)F. The Morgan fingerprint density at radius 2 is 2.15 bits per heavy atom. The summed E-state index contributed by atoms with van der Waals surface area (Å²) in [5.41, 5.74) is 0.442. The molecule has 20 heavy (non-hydrogen) atoms. The summed E-state index contributed by atoms with van der Waals surface area (Å²) < 4.78 is 41.5. The van der Waals surface area contributed by atoms with Crippen molar-refractivity contribution in [3.05, 3.63) is 28.2 Å². The average Bonchev–Trinajstić information content (AvgIpc) is 2.32. The van der Waals surface area contributed by atoms with Crippen LogP contribution in [0.25, 0.3) is 0 Å². The molecule has 0 radical (unpaired) electrons. The number of halogens is 4. The number of carbonyl (C=O) groups is 1.